The molecule has 2 aliphatic carbocycles. The molecule has 5 nitrogen and oxygen atoms in total. The van der Waals surface area contributed by atoms with Crippen molar-refractivity contribution >= 4 is 27.5 Å². The minimum atomic E-state index is -0.366. The van der Waals surface area contributed by atoms with E-state index in [2.05, 4.69) is 58.9 Å². The van der Waals surface area contributed by atoms with Gasteiger partial charge in [-0.1, -0.05) is 29.8 Å². The monoisotopic (exact) mass is 563 g/mol. The molecule has 0 amide bonds. The highest BCUT2D eigenvalue weighted by atomic mass is 79.9. The van der Waals surface area contributed by atoms with Crippen molar-refractivity contribution in [2.75, 3.05) is 13.2 Å². The van der Waals surface area contributed by atoms with Crippen molar-refractivity contribution in [1.82, 2.24) is 4.90 Å². The van der Waals surface area contributed by atoms with E-state index in [1.807, 2.05) is 19.1 Å². The Bertz CT molecular complexity index is 1250. The van der Waals surface area contributed by atoms with Crippen molar-refractivity contribution in [3.05, 3.63) is 80.1 Å². The summed E-state index contributed by atoms with van der Waals surface area (Å²) in [4.78, 5) is 29.1. The first kappa shape index (κ1) is 25.8. The number of allylic oxidation sites excluding steroid dienone is 4. The Morgan fingerprint density at radius 2 is 1.51 bits per heavy atom. The molecule has 0 atom stereocenters. The van der Waals surface area contributed by atoms with E-state index in [-0.39, 0.29) is 17.5 Å². The predicted octanol–water partition coefficient (Wildman–Crippen LogP) is 7.17. The summed E-state index contributed by atoms with van der Waals surface area (Å²) in [5, 5.41) is 0. The summed E-state index contributed by atoms with van der Waals surface area (Å²) in [5.41, 5.74) is 6.97. The molecule has 1 aliphatic heterocycles. The van der Waals surface area contributed by atoms with Crippen LogP contribution in [0.3, 0.4) is 0 Å². The Labute approximate surface area is 227 Å². The molecule has 0 aromatic heterocycles. The number of ketones is 2. The van der Waals surface area contributed by atoms with Crippen LogP contribution < -0.4 is 9.47 Å². The maximum atomic E-state index is 13.4. The summed E-state index contributed by atoms with van der Waals surface area (Å²) in [6.07, 6.45) is 4.51. The van der Waals surface area contributed by atoms with Crippen molar-refractivity contribution in [3.63, 3.8) is 0 Å². The molecule has 0 bridgehead atoms. The molecule has 1 heterocycles. The van der Waals surface area contributed by atoms with Gasteiger partial charge in [0.25, 0.3) is 0 Å². The SMILES string of the molecule is CCOc1cc(C2C3=C(CCCC3=O)N(CC)C3=C2C(=O)CCC3)cc(Br)c1OCc1ccc(C)cc1. The van der Waals surface area contributed by atoms with Gasteiger partial charge in [0.2, 0.25) is 0 Å². The second kappa shape index (κ2) is 10.9. The maximum absolute atomic E-state index is 13.4. The van der Waals surface area contributed by atoms with E-state index >= 15 is 0 Å². The standard InChI is InChI=1S/C31H34BrNO4/c1-4-33-23-8-6-10-25(34)29(23)28(30-24(33)9-7-11-26(30)35)21-16-22(32)31(27(17-21)36-5-2)37-18-20-14-12-19(3)13-15-20/h12-17,28H,4-11,18H2,1-3H3. The van der Waals surface area contributed by atoms with Gasteiger partial charge in [0.15, 0.2) is 23.1 Å². The van der Waals surface area contributed by atoms with Gasteiger partial charge in [0.05, 0.1) is 11.1 Å². The van der Waals surface area contributed by atoms with Crippen LogP contribution >= 0.6 is 15.9 Å². The molecule has 0 spiro atoms. The van der Waals surface area contributed by atoms with E-state index < -0.39 is 0 Å². The van der Waals surface area contributed by atoms with Crippen molar-refractivity contribution in [2.24, 2.45) is 0 Å². The fourth-order valence-corrected chi connectivity index (χ4v) is 6.50. The number of carbonyl (C=O) groups excluding carboxylic acids is 2. The first-order chi connectivity index (χ1) is 17.9. The van der Waals surface area contributed by atoms with Crippen molar-refractivity contribution < 1.29 is 19.1 Å². The van der Waals surface area contributed by atoms with Crippen LogP contribution in [0.5, 0.6) is 11.5 Å². The van der Waals surface area contributed by atoms with E-state index in [4.69, 9.17) is 9.47 Å². The van der Waals surface area contributed by atoms with E-state index in [9.17, 15) is 9.59 Å². The molecule has 194 valence electrons. The van der Waals surface area contributed by atoms with Crippen molar-refractivity contribution in [3.8, 4) is 11.5 Å². The van der Waals surface area contributed by atoms with Crippen LogP contribution in [0.15, 0.2) is 63.4 Å². The third-order valence-electron chi connectivity index (χ3n) is 7.57. The maximum Gasteiger partial charge on any atom is 0.175 e. The van der Waals surface area contributed by atoms with Crippen LogP contribution in [0.4, 0.5) is 0 Å². The molecule has 0 saturated carbocycles. The molecule has 0 N–H and O–H groups in total. The molecule has 0 fully saturated rings. The van der Waals surface area contributed by atoms with Gasteiger partial charge in [-0.3, -0.25) is 9.59 Å². The number of ether oxygens (including phenoxy) is 2. The molecule has 2 aromatic rings. The highest BCUT2D eigenvalue weighted by molar-refractivity contribution is 9.10. The minimum absolute atomic E-state index is 0.156. The fourth-order valence-electron chi connectivity index (χ4n) is 5.93. The van der Waals surface area contributed by atoms with E-state index in [0.717, 1.165) is 70.4 Å². The number of hydrogen-bond donors (Lipinski definition) is 0. The zero-order valence-electron chi connectivity index (χ0n) is 21.9. The number of carbonyl (C=O) groups is 2. The van der Waals surface area contributed by atoms with E-state index in [0.29, 0.717) is 37.6 Å². The summed E-state index contributed by atoms with van der Waals surface area (Å²) in [6, 6.07) is 12.3. The summed E-state index contributed by atoms with van der Waals surface area (Å²) < 4.78 is 13.1. The van der Waals surface area contributed by atoms with Gasteiger partial charge in [-0.05, 0) is 85.6 Å². The van der Waals surface area contributed by atoms with Crippen LogP contribution in [0, 0.1) is 6.92 Å². The Hall–Kier alpha value is -2.86. The van der Waals surface area contributed by atoms with Crippen molar-refractivity contribution in [2.45, 2.75) is 71.8 Å². The summed E-state index contributed by atoms with van der Waals surface area (Å²) in [6.45, 7) is 7.77. The van der Waals surface area contributed by atoms with Crippen LogP contribution in [-0.4, -0.2) is 29.6 Å². The van der Waals surface area contributed by atoms with Gasteiger partial charge < -0.3 is 14.4 Å². The Morgan fingerprint density at radius 3 is 2.08 bits per heavy atom. The Morgan fingerprint density at radius 1 is 0.892 bits per heavy atom. The first-order valence-corrected chi connectivity index (χ1v) is 14.2. The van der Waals surface area contributed by atoms with Crippen LogP contribution in [0.2, 0.25) is 0 Å². The predicted molar refractivity (Wildman–Crippen MR) is 148 cm³/mol. The second-order valence-electron chi connectivity index (χ2n) is 9.99. The second-order valence-corrected chi connectivity index (χ2v) is 10.8. The number of Topliss-reactive ketones (excluding diaryl/α,β-unsaturated/α-hetero) is 2. The lowest BCUT2D eigenvalue weighted by molar-refractivity contribution is -0.117. The summed E-state index contributed by atoms with van der Waals surface area (Å²) in [7, 11) is 0. The van der Waals surface area contributed by atoms with Gasteiger partial charge in [-0.25, -0.2) is 0 Å². The number of halogens is 1. The highest BCUT2D eigenvalue weighted by Crippen LogP contribution is 2.51. The van der Waals surface area contributed by atoms with Crippen LogP contribution in [0.25, 0.3) is 0 Å². The lowest BCUT2D eigenvalue weighted by Crippen LogP contribution is -2.39. The molecule has 3 aliphatic rings. The molecule has 5 rings (SSSR count). The third kappa shape index (κ3) is 4.88. The van der Waals surface area contributed by atoms with Gasteiger partial charge >= 0.3 is 0 Å². The minimum Gasteiger partial charge on any atom is -0.490 e. The number of rotatable bonds is 7. The molecular weight excluding hydrogens is 530 g/mol. The van der Waals surface area contributed by atoms with E-state index in [1.54, 1.807) is 0 Å². The number of hydrogen-bond acceptors (Lipinski definition) is 5. The summed E-state index contributed by atoms with van der Waals surface area (Å²) >= 11 is 3.73. The topological polar surface area (TPSA) is 55.8 Å². The van der Waals surface area contributed by atoms with E-state index in [1.165, 1.54) is 5.56 Å². The molecule has 0 saturated heterocycles. The Balaban J connectivity index is 1.60. The molecule has 0 unspecified atom stereocenters. The molecule has 0 radical (unpaired) electrons. The van der Waals surface area contributed by atoms with Gasteiger partial charge in [0, 0.05) is 47.8 Å². The van der Waals surface area contributed by atoms with Gasteiger partial charge in [-0.2, -0.15) is 0 Å². The molecule has 2 aromatic carbocycles. The number of benzene rings is 2. The smallest absolute Gasteiger partial charge is 0.175 e. The molecule has 6 heteroatoms. The zero-order valence-corrected chi connectivity index (χ0v) is 23.4. The fraction of sp³-hybridized carbons (Fsp3) is 0.419. The largest absolute Gasteiger partial charge is 0.490 e. The number of nitrogens with zero attached hydrogens (tertiary/aromatic N) is 1. The average Bonchev–Trinajstić information content (AvgIpc) is 2.88. The molecular formula is C31H34BrNO4. The summed E-state index contributed by atoms with van der Waals surface area (Å²) in [5.74, 6) is 1.19. The van der Waals surface area contributed by atoms with Crippen LogP contribution in [-0.2, 0) is 16.2 Å². The normalized spacial score (nSPS) is 18.2. The van der Waals surface area contributed by atoms with Gasteiger partial charge in [-0.15, -0.1) is 0 Å². The first-order valence-electron chi connectivity index (χ1n) is 13.4. The van der Waals surface area contributed by atoms with Crippen LogP contribution in [0.1, 0.15) is 75.0 Å². The number of aryl methyl sites for hydroxylation is 1. The Kier molecular flexibility index (Phi) is 7.57. The lowest BCUT2D eigenvalue weighted by atomic mass is 9.71. The van der Waals surface area contributed by atoms with Gasteiger partial charge in [0.1, 0.15) is 6.61 Å². The lowest BCUT2D eigenvalue weighted by Gasteiger charge is -2.43. The highest BCUT2D eigenvalue weighted by Gasteiger charge is 2.43. The quantitative estimate of drug-likeness (QED) is 0.357. The average molecular weight is 565 g/mol. The third-order valence-corrected chi connectivity index (χ3v) is 8.16. The zero-order chi connectivity index (χ0) is 26.1. The van der Waals surface area contributed by atoms with Crippen molar-refractivity contribution in [1.29, 1.82) is 0 Å². The molecule has 37 heavy (non-hydrogen) atoms.